The van der Waals surface area contributed by atoms with Crippen molar-refractivity contribution in [2.45, 2.75) is 13.5 Å². The van der Waals surface area contributed by atoms with Crippen molar-refractivity contribution in [3.63, 3.8) is 0 Å². The first-order valence-electron chi connectivity index (χ1n) is 7.04. The summed E-state index contributed by atoms with van der Waals surface area (Å²) in [7, 11) is 1.58. The van der Waals surface area contributed by atoms with Crippen molar-refractivity contribution in [1.29, 1.82) is 0 Å². The molecule has 0 fully saturated rings. The smallest absolute Gasteiger partial charge is 0.256 e. The molecule has 0 radical (unpaired) electrons. The third-order valence-corrected chi connectivity index (χ3v) is 3.77. The number of aromatic nitrogens is 1. The van der Waals surface area contributed by atoms with E-state index in [-0.39, 0.29) is 12.2 Å². The van der Waals surface area contributed by atoms with Crippen LogP contribution in [0.1, 0.15) is 11.1 Å². The molecular formula is C18H17NO3. The number of ether oxygens (including phenoxy) is 1. The molecule has 0 spiro atoms. The molecule has 0 aliphatic heterocycles. The molecule has 112 valence electrons. The summed E-state index contributed by atoms with van der Waals surface area (Å²) in [6.07, 6.45) is 0. The predicted octanol–water partition coefficient (Wildman–Crippen LogP) is 3.00. The lowest BCUT2D eigenvalue weighted by molar-refractivity contribution is 0.281. The van der Waals surface area contributed by atoms with Crippen LogP contribution in [0, 0.1) is 6.92 Å². The van der Waals surface area contributed by atoms with Gasteiger partial charge in [-0.25, -0.2) is 0 Å². The molecule has 2 aromatic carbocycles. The molecule has 3 rings (SSSR count). The molecular weight excluding hydrogens is 278 g/mol. The van der Waals surface area contributed by atoms with E-state index in [1.54, 1.807) is 13.2 Å². The highest BCUT2D eigenvalue weighted by Crippen LogP contribution is 2.27. The summed E-state index contributed by atoms with van der Waals surface area (Å²) in [5.74, 6) is 0.673. The van der Waals surface area contributed by atoms with Crippen molar-refractivity contribution >= 4 is 10.8 Å². The Morgan fingerprint density at radius 2 is 1.95 bits per heavy atom. The van der Waals surface area contributed by atoms with Gasteiger partial charge in [-0.1, -0.05) is 17.7 Å². The van der Waals surface area contributed by atoms with Crippen LogP contribution in [0.3, 0.4) is 0 Å². The minimum Gasteiger partial charge on any atom is -0.497 e. The number of hydrogen-bond acceptors (Lipinski definition) is 3. The third-order valence-electron chi connectivity index (χ3n) is 3.77. The molecule has 3 aromatic rings. The molecule has 1 aromatic heterocycles. The fourth-order valence-electron chi connectivity index (χ4n) is 2.63. The number of pyridine rings is 1. The van der Waals surface area contributed by atoms with Gasteiger partial charge in [-0.3, -0.25) is 4.79 Å². The van der Waals surface area contributed by atoms with Crippen molar-refractivity contribution in [3.05, 3.63) is 63.9 Å². The van der Waals surface area contributed by atoms with Crippen LogP contribution in [0.4, 0.5) is 0 Å². The lowest BCUT2D eigenvalue weighted by Crippen LogP contribution is -2.08. The van der Waals surface area contributed by atoms with Crippen molar-refractivity contribution in [2.24, 2.45) is 0 Å². The number of rotatable bonds is 3. The van der Waals surface area contributed by atoms with Gasteiger partial charge in [0.05, 0.1) is 13.7 Å². The molecule has 0 saturated carbocycles. The summed E-state index contributed by atoms with van der Waals surface area (Å²) >= 11 is 0. The van der Waals surface area contributed by atoms with Gasteiger partial charge >= 0.3 is 0 Å². The maximum atomic E-state index is 12.3. The van der Waals surface area contributed by atoms with Crippen LogP contribution in [0.2, 0.25) is 0 Å². The summed E-state index contributed by atoms with van der Waals surface area (Å²) in [5.41, 5.74) is 3.16. The molecule has 0 atom stereocenters. The number of aliphatic hydroxyl groups excluding tert-OH is 1. The van der Waals surface area contributed by atoms with Gasteiger partial charge in [0.15, 0.2) is 0 Å². The van der Waals surface area contributed by atoms with Gasteiger partial charge in [0, 0.05) is 16.6 Å². The van der Waals surface area contributed by atoms with Crippen LogP contribution in [-0.4, -0.2) is 17.2 Å². The average Bonchev–Trinajstić information content (AvgIpc) is 2.53. The van der Waals surface area contributed by atoms with E-state index in [0.717, 1.165) is 16.5 Å². The Bertz CT molecular complexity index is 896. The number of nitrogens with one attached hydrogen (secondary N) is 1. The van der Waals surface area contributed by atoms with Crippen LogP contribution in [-0.2, 0) is 6.61 Å². The van der Waals surface area contributed by atoms with Crippen molar-refractivity contribution in [1.82, 2.24) is 4.98 Å². The molecule has 0 unspecified atom stereocenters. The zero-order valence-corrected chi connectivity index (χ0v) is 12.5. The molecule has 0 aliphatic rings. The maximum absolute atomic E-state index is 12.3. The van der Waals surface area contributed by atoms with E-state index in [1.165, 1.54) is 0 Å². The second-order valence-electron chi connectivity index (χ2n) is 5.28. The number of hydrogen-bond donors (Lipinski definition) is 2. The van der Waals surface area contributed by atoms with Gasteiger partial charge in [-0.15, -0.1) is 0 Å². The van der Waals surface area contributed by atoms with Crippen LogP contribution in [0.15, 0.2) is 47.3 Å². The molecule has 0 amide bonds. The second kappa shape index (κ2) is 5.66. The number of aryl methyl sites for hydroxylation is 1. The normalized spacial score (nSPS) is 10.9. The number of benzene rings is 2. The Labute approximate surface area is 128 Å². The molecule has 2 N–H and O–H groups in total. The molecule has 4 nitrogen and oxygen atoms in total. The zero-order valence-electron chi connectivity index (χ0n) is 12.5. The number of aromatic amines is 1. The van der Waals surface area contributed by atoms with E-state index in [1.807, 2.05) is 43.3 Å². The molecule has 0 aliphatic carbocycles. The monoisotopic (exact) mass is 295 g/mol. The van der Waals surface area contributed by atoms with Gasteiger partial charge < -0.3 is 14.8 Å². The van der Waals surface area contributed by atoms with Gasteiger partial charge in [0.25, 0.3) is 5.56 Å². The first-order valence-corrected chi connectivity index (χ1v) is 7.04. The van der Waals surface area contributed by atoms with Crippen molar-refractivity contribution in [2.75, 3.05) is 7.11 Å². The first-order chi connectivity index (χ1) is 10.6. The second-order valence-corrected chi connectivity index (χ2v) is 5.28. The Kier molecular flexibility index (Phi) is 3.69. The van der Waals surface area contributed by atoms with Crippen LogP contribution >= 0.6 is 0 Å². The predicted molar refractivity (Wildman–Crippen MR) is 87.2 cm³/mol. The topological polar surface area (TPSA) is 62.3 Å². The standard InChI is InChI=1S/C18H17NO3/c1-11-3-5-16-12(7-11)9-17(19-18(16)21)15-6-4-14(22-2)8-13(15)10-20/h3-9,20H,10H2,1-2H3,(H,19,21). The number of aliphatic hydroxyl groups is 1. The summed E-state index contributed by atoms with van der Waals surface area (Å²) < 4.78 is 5.17. The molecule has 1 heterocycles. The highest BCUT2D eigenvalue weighted by molar-refractivity contribution is 5.86. The number of H-pyrrole nitrogens is 1. The lowest BCUT2D eigenvalue weighted by Gasteiger charge is -2.11. The van der Waals surface area contributed by atoms with Crippen LogP contribution in [0.25, 0.3) is 22.0 Å². The Morgan fingerprint density at radius 3 is 2.68 bits per heavy atom. The van der Waals surface area contributed by atoms with Gasteiger partial charge in [0.1, 0.15) is 5.75 Å². The average molecular weight is 295 g/mol. The Hall–Kier alpha value is -2.59. The van der Waals surface area contributed by atoms with E-state index in [2.05, 4.69) is 4.98 Å². The fourth-order valence-corrected chi connectivity index (χ4v) is 2.63. The first kappa shape index (κ1) is 14.4. The molecule has 0 bridgehead atoms. The van der Waals surface area contributed by atoms with Crippen molar-refractivity contribution < 1.29 is 9.84 Å². The summed E-state index contributed by atoms with van der Waals surface area (Å²) in [5, 5.41) is 11.1. The summed E-state index contributed by atoms with van der Waals surface area (Å²) in [4.78, 5) is 15.2. The van der Waals surface area contributed by atoms with E-state index in [9.17, 15) is 9.90 Å². The maximum Gasteiger partial charge on any atom is 0.256 e. The van der Waals surface area contributed by atoms with E-state index in [0.29, 0.717) is 22.4 Å². The Morgan fingerprint density at radius 1 is 1.14 bits per heavy atom. The summed E-state index contributed by atoms with van der Waals surface area (Å²) in [6.45, 7) is 1.87. The minimum atomic E-state index is -0.132. The fraction of sp³-hybridized carbons (Fsp3) is 0.167. The van der Waals surface area contributed by atoms with Gasteiger partial charge in [-0.05, 0) is 48.2 Å². The Balaban J connectivity index is 2.24. The van der Waals surface area contributed by atoms with Crippen LogP contribution in [0.5, 0.6) is 5.75 Å². The minimum absolute atomic E-state index is 0.125. The van der Waals surface area contributed by atoms with Crippen molar-refractivity contribution in [3.8, 4) is 17.0 Å². The lowest BCUT2D eigenvalue weighted by atomic mass is 10.0. The van der Waals surface area contributed by atoms with E-state index in [4.69, 9.17) is 4.74 Å². The van der Waals surface area contributed by atoms with E-state index < -0.39 is 0 Å². The summed E-state index contributed by atoms with van der Waals surface area (Å²) in [6, 6.07) is 13.1. The molecule has 22 heavy (non-hydrogen) atoms. The van der Waals surface area contributed by atoms with Gasteiger partial charge in [-0.2, -0.15) is 0 Å². The van der Waals surface area contributed by atoms with Gasteiger partial charge in [0.2, 0.25) is 0 Å². The van der Waals surface area contributed by atoms with Crippen LogP contribution < -0.4 is 10.3 Å². The highest BCUT2D eigenvalue weighted by atomic mass is 16.5. The quantitative estimate of drug-likeness (QED) is 0.781. The SMILES string of the molecule is COc1ccc(-c2cc3cc(C)ccc3c(=O)[nH]2)c(CO)c1. The largest absolute Gasteiger partial charge is 0.497 e. The highest BCUT2D eigenvalue weighted by Gasteiger charge is 2.09. The zero-order chi connectivity index (χ0) is 15.7. The molecule has 0 saturated heterocycles. The third kappa shape index (κ3) is 2.49. The number of fused-ring (bicyclic) bond motifs is 1. The number of methoxy groups -OCH3 is 1. The molecule has 4 heteroatoms. The van der Waals surface area contributed by atoms with E-state index >= 15 is 0 Å².